The zero-order valence-corrected chi connectivity index (χ0v) is 31.2. The number of benzene rings is 5. The van der Waals surface area contributed by atoms with Gasteiger partial charge in [-0.2, -0.15) is 0 Å². The third-order valence-electron chi connectivity index (χ3n) is 10.1. The van der Waals surface area contributed by atoms with Crippen molar-refractivity contribution in [1.82, 2.24) is 40.0 Å². The van der Waals surface area contributed by atoms with Gasteiger partial charge in [0.15, 0.2) is 11.5 Å². The van der Waals surface area contributed by atoms with Crippen LogP contribution in [0, 0.1) is 0 Å². The Morgan fingerprint density at radius 1 is 0.643 bits per heavy atom. The molecule has 0 unspecified atom stereocenters. The lowest BCUT2D eigenvalue weighted by Crippen LogP contribution is -2.39. The summed E-state index contributed by atoms with van der Waals surface area (Å²) in [5.74, 6) is 1.12. The molecule has 0 saturated carbocycles. The van der Waals surface area contributed by atoms with E-state index in [2.05, 4.69) is 153 Å². The van der Waals surface area contributed by atoms with Gasteiger partial charge in [-0.3, -0.25) is 0 Å². The highest BCUT2D eigenvalue weighted by Gasteiger charge is 2.41. The van der Waals surface area contributed by atoms with E-state index in [9.17, 15) is 4.79 Å². The lowest BCUT2D eigenvalue weighted by Gasteiger charge is -2.36. The van der Waals surface area contributed by atoms with E-state index in [0.29, 0.717) is 18.1 Å². The van der Waals surface area contributed by atoms with Gasteiger partial charge in [0.25, 0.3) is 0 Å². The summed E-state index contributed by atoms with van der Waals surface area (Å²) in [7, 11) is 1.32. The minimum Gasteiger partial charge on any atom is -0.464 e. The number of carbonyl (C=O) groups is 1. The predicted octanol–water partition coefficient (Wildman–Crippen LogP) is 8.68. The Bertz CT molecular complexity index is 2420. The van der Waals surface area contributed by atoms with Gasteiger partial charge in [-0.15, -0.1) is 15.3 Å². The van der Waals surface area contributed by atoms with Crippen LogP contribution in [0.15, 0.2) is 158 Å². The first-order valence-corrected chi connectivity index (χ1v) is 18.7. The zero-order valence-electron chi connectivity index (χ0n) is 31.2. The largest absolute Gasteiger partial charge is 0.464 e. The Balaban J connectivity index is 1.08. The number of carbonyl (C=O) groups excluding carboxylic acids is 1. The number of methoxy groups -OCH3 is 1. The molecule has 0 radical (unpaired) electrons. The van der Waals surface area contributed by atoms with E-state index in [1.54, 1.807) is 12.1 Å². The molecule has 3 aromatic heterocycles. The minimum absolute atomic E-state index is 0.160. The van der Waals surface area contributed by atoms with Crippen molar-refractivity contribution in [3.63, 3.8) is 0 Å². The number of ether oxygens (including phenoxy) is 1. The maximum absolute atomic E-state index is 11.8. The van der Waals surface area contributed by atoms with Crippen molar-refractivity contribution < 1.29 is 9.53 Å². The maximum atomic E-state index is 11.8. The van der Waals surface area contributed by atoms with Crippen molar-refractivity contribution in [3.8, 4) is 33.9 Å². The number of rotatable bonds is 13. The number of aromatic nitrogens is 8. The standard InChI is InChI=1S/C46H40N8O2/c1-3-4-20-43-47-42(40-29-30-41(49-48-40)45(55)56-2)32-53(43)31-33-21-23-34(24-22-33)35-25-27-36(28-26-35)44-50-51-52-54(44)46(37-14-8-5-9-15-37,38-16-10-6-11-17-38)39-18-12-7-13-19-39/h5-19,21-30,32H,3-4,20,31H2,1-2H3. The Hall–Kier alpha value is -7.07. The first kappa shape index (κ1) is 35.9. The number of unbranched alkanes of at least 4 members (excludes halogenated alkanes) is 1. The number of nitrogens with zero attached hydrogens (tertiary/aromatic N) is 8. The smallest absolute Gasteiger partial charge is 0.358 e. The van der Waals surface area contributed by atoms with Gasteiger partial charge in [0.05, 0.1) is 7.11 Å². The van der Waals surface area contributed by atoms with Gasteiger partial charge < -0.3 is 9.30 Å². The molecule has 56 heavy (non-hydrogen) atoms. The summed E-state index contributed by atoms with van der Waals surface area (Å²) < 4.78 is 8.89. The minimum atomic E-state index is -0.827. The topological polar surface area (TPSA) is 114 Å². The molecule has 0 bridgehead atoms. The fourth-order valence-corrected chi connectivity index (χ4v) is 7.24. The second-order valence-electron chi connectivity index (χ2n) is 13.6. The molecular weight excluding hydrogens is 697 g/mol. The molecule has 3 heterocycles. The molecule has 10 heteroatoms. The molecule has 0 N–H and O–H groups in total. The summed E-state index contributed by atoms with van der Waals surface area (Å²) in [5.41, 5.74) is 8.05. The van der Waals surface area contributed by atoms with Crippen LogP contribution in [0.5, 0.6) is 0 Å². The van der Waals surface area contributed by atoms with E-state index < -0.39 is 11.5 Å². The summed E-state index contributed by atoms with van der Waals surface area (Å²) in [4.78, 5) is 16.8. The molecule has 276 valence electrons. The summed E-state index contributed by atoms with van der Waals surface area (Å²) >= 11 is 0. The molecule has 10 nitrogen and oxygen atoms in total. The highest BCUT2D eigenvalue weighted by molar-refractivity contribution is 5.87. The molecule has 0 aliphatic rings. The quantitative estimate of drug-likeness (QED) is 0.0854. The first-order chi connectivity index (χ1) is 27.6. The first-order valence-electron chi connectivity index (χ1n) is 18.7. The van der Waals surface area contributed by atoms with Gasteiger partial charge in [-0.1, -0.05) is 153 Å². The predicted molar refractivity (Wildman–Crippen MR) is 216 cm³/mol. The van der Waals surface area contributed by atoms with Crippen LogP contribution in [-0.4, -0.2) is 53.0 Å². The number of hydrogen-bond donors (Lipinski definition) is 0. The maximum Gasteiger partial charge on any atom is 0.358 e. The van der Waals surface area contributed by atoms with Gasteiger partial charge in [-0.25, -0.2) is 14.5 Å². The van der Waals surface area contributed by atoms with Crippen LogP contribution >= 0.6 is 0 Å². The second-order valence-corrected chi connectivity index (χ2v) is 13.6. The van der Waals surface area contributed by atoms with Gasteiger partial charge >= 0.3 is 5.97 Å². The highest BCUT2D eigenvalue weighted by atomic mass is 16.5. The van der Waals surface area contributed by atoms with Gasteiger partial charge in [-0.05, 0) is 62.4 Å². The zero-order chi connectivity index (χ0) is 38.3. The number of hydrogen-bond acceptors (Lipinski definition) is 8. The lowest BCUT2D eigenvalue weighted by atomic mass is 9.77. The van der Waals surface area contributed by atoms with E-state index >= 15 is 0 Å². The summed E-state index contributed by atoms with van der Waals surface area (Å²) in [5, 5.41) is 21.8. The molecule has 0 amide bonds. The van der Waals surface area contributed by atoms with Gasteiger partial charge in [0.2, 0.25) is 0 Å². The normalized spacial score (nSPS) is 11.4. The van der Waals surface area contributed by atoms with Crippen LogP contribution in [0.25, 0.3) is 33.9 Å². The molecule has 0 atom stereocenters. The van der Waals surface area contributed by atoms with E-state index in [4.69, 9.17) is 14.9 Å². The van der Waals surface area contributed by atoms with Crippen molar-refractivity contribution in [2.75, 3.05) is 7.11 Å². The summed E-state index contributed by atoms with van der Waals surface area (Å²) in [6.07, 6.45) is 4.94. The molecule has 0 fully saturated rings. The third kappa shape index (κ3) is 7.00. The fraction of sp³-hybridized carbons (Fsp3) is 0.152. The molecule has 0 spiro atoms. The summed E-state index contributed by atoms with van der Waals surface area (Å²) in [6.45, 7) is 2.83. The Morgan fingerprint density at radius 3 is 1.75 bits per heavy atom. The molecule has 8 rings (SSSR count). The van der Waals surface area contributed by atoms with E-state index in [0.717, 1.165) is 69.7 Å². The van der Waals surface area contributed by atoms with Crippen molar-refractivity contribution in [2.45, 2.75) is 38.3 Å². The Labute approximate surface area is 325 Å². The third-order valence-corrected chi connectivity index (χ3v) is 10.1. The highest BCUT2D eigenvalue weighted by Crippen LogP contribution is 2.42. The van der Waals surface area contributed by atoms with Crippen molar-refractivity contribution in [3.05, 3.63) is 192 Å². The fourth-order valence-electron chi connectivity index (χ4n) is 7.24. The second kappa shape index (κ2) is 16.1. The molecule has 0 aliphatic heterocycles. The average molecular weight is 737 g/mol. The SMILES string of the molecule is CCCCc1nc(-c2ccc(C(=O)OC)nn2)cn1Cc1ccc(-c2ccc(-c3nnnn3C(c3ccccc3)(c3ccccc3)c3ccccc3)cc2)cc1. The number of tetrazole rings is 1. The van der Waals surface area contributed by atoms with Crippen molar-refractivity contribution >= 4 is 5.97 Å². The van der Waals surface area contributed by atoms with E-state index in [1.165, 1.54) is 7.11 Å². The van der Waals surface area contributed by atoms with Crippen LogP contribution in [0.1, 0.15) is 58.3 Å². The Kier molecular flexibility index (Phi) is 10.3. The molecule has 0 saturated heterocycles. The molecular formula is C46H40N8O2. The number of esters is 1. The summed E-state index contributed by atoms with van der Waals surface area (Å²) in [6, 6.07) is 51.7. The van der Waals surface area contributed by atoms with Crippen LogP contribution in [0.4, 0.5) is 0 Å². The number of aryl methyl sites for hydroxylation is 1. The van der Waals surface area contributed by atoms with Gasteiger partial charge in [0.1, 0.15) is 22.8 Å². The van der Waals surface area contributed by atoms with Crippen molar-refractivity contribution in [2.24, 2.45) is 0 Å². The monoisotopic (exact) mass is 736 g/mol. The van der Waals surface area contributed by atoms with Gasteiger partial charge in [0, 0.05) is 24.7 Å². The molecule has 0 aliphatic carbocycles. The van der Waals surface area contributed by atoms with Crippen LogP contribution in [0.3, 0.4) is 0 Å². The van der Waals surface area contributed by atoms with Crippen molar-refractivity contribution in [1.29, 1.82) is 0 Å². The van der Waals surface area contributed by atoms with Crippen LogP contribution in [0.2, 0.25) is 0 Å². The number of imidazole rings is 1. The average Bonchev–Trinajstić information content (AvgIpc) is 3.92. The van der Waals surface area contributed by atoms with E-state index in [1.807, 2.05) is 29.1 Å². The molecule has 8 aromatic rings. The van der Waals surface area contributed by atoms with Crippen LogP contribution < -0.4 is 0 Å². The lowest BCUT2D eigenvalue weighted by molar-refractivity contribution is 0.0592. The van der Waals surface area contributed by atoms with E-state index in [-0.39, 0.29) is 5.69 Å². The Morgan fingerprint density at radius 2 is 1.21 bits per heavy atom. The molecule has 5 aromatic carbocycles. The van der Waals surface area contributed by atoms with Crippen LogP contribution in [-0.2, 0) is 23.2 Å².